The second-order valence-electron chi connectivity index (χ2n) is 7.68. The molecule has 0 bridgehead atoms. The smallest absolute Gasteiger partial charge is 0.160 e. The molecule has 0 saturated carbocycles. The third kappa shape index (κ3) is 1.63. The summed E-state index contributed by atoms with van der Waals surface area (Å²) in [5.74, 6) is 1.03. The first-order chi connectivity index (χ1) is 8.45. The molecule has 0 N–H and O–H groups in total. The number of hydrogen-bond donors (Lipinski definition) is 0. The molecule has 0 aromatic carbocycles. The first kappa shape index (κ1) is 14.6. The molecule has 19 heavy (non-hydrogen) atoms. The van der Waals surface area contributed by atoms with E-state index in [1.54, 1.807) is 0 Å². The minimum absolute atomic E-state index is 0.00616. The van der Waals surface area contributed by atoms with Crippen molar-refractivity contribution in [1.82, 2.24) is 10.1 Å². The zero-order valence-corrected chi connectivity index (χ0v) is 13.9. The highest BCUT2D eigenvalue weighted by atomic mass is 16.5. The van der Waals surface area contributed by atoms with Crippen LogP contribution in [-0.4, -0.2) is 21.6 Å². The molecule has 1 aliphatic rings. The van der Waals surface area contributed by atoms with Gasteiger partial charge in [-0.25, -0.2) is 0 Å². The normalized spacial score (nSPS) is 24.5. The van der Waals surface area contributed by atoms with Crippen molar-refractivity contribution in [3.63, 3.8) is 0 Å². The van der Waals surface area contributed by atoms with Gasteiger partial charge in [-0.3, -0.25) is 4.90 Å². The molecule has 0 amide bonds. The van der Waals surface area contributed by atoms with E-state index in [1.165, 1.54) is 5.56 Å². The fourth-order valence-electron chi connectivity index (χ4n) is 4.23. The van der Waals surface area contributed by atoms with Crippen molar-refractivity contribution < 1.29 is 4.52 Å². The summed E-state index contributed by atoms with van der Waals surface area (Å²) >= 11 is 0. The van der Waals surface area contributed by atoms with E-state index in [9.17, 15) is 0 Å². The maximum absolute atomic E-state index is 5.72. The van der Waals surface area contributed by atoms with Crippen molar-refractivity contribution in [3.8, 4) is 0 Å². The van der Waals surface area contributed by atoms with E-state index in [1.807, 2.05) is 0 Å². The standard InChI is InChI=1S/C16H28N2O/c1-10(2)18-15(6,7)13-12(11(3)17-19-13)14(4,5)16(18,8)9/h10H,1-9H3. The predicted octanol–water partition coefficient (Wildman–Crippen LogP) is 4.00. The Kier molecular flexibility index (Phi) is 2.95. The van der Waals surface area contributed by atoms with Crippen molar-refractivity contribution in [3.05, 3.63) is 17.0 Å². The van der Waals surface area contributed by atoms with Gasteiger partial charge in [0.25, 0.3) is 0 Å². The molecular weight excluding hydrogens is 236 g/mol. The van der Waals surface area contributed by atoms with Gasteiger partial charge in [-0.15, -0.1) is 0 Å². The van der Waals surface area contributed by atoms with E-state index in [4.69, 9.17) is 4.52 Å². The SMILES string of the molecule is Cc1noc2c1C(C)(C)C(C)(C)N(C(C)C)C2(C)C. The van der Waals surface area contributed by atoms with Gasteiger partial charge in [0.1, 0.15) is 0 Å². The van der Waals surface area contributed by atoms with Crippen LogP contribution < -0.4 is 0 Å². The molecule has 3 heteroatoms. The number of aryl methyl sites for hydroxylation is 1. The van der Waals surface area contributed by atoms with Crippen molar-refractivity contribution in [1.29, 1.82) is 0 Å². The van der Waals surface area contributed by atoms with Crippen LogP contribution in [0.15, 0.2) is 4.52 Å². The van der Waals surface area contributed by atoms with Gasteiger partial charge in [-0.2, -0.15) is 0 Å². The van der Waals surface area contributed by atoms with Crippen molar-refractivity contribution in [2.24, 2.45) is 0 Å². The molecule has 1 aromatic heterocycles. The lowest BCUT2D eigenvalue weighted by Crippen LogP contribution is -2.67. The molecule has 0 atom stereocenters. The molecule has 0 saturated heterocycles. The molecule has 3 nitrogen and oxygen atoms in total. The molecule has 0 unspecified atom stereocenters. The van der Waals surface area contributed by atoms with Gasteiger partial charge in [0.15, 0.2) is 5.76 Å². The molecule has 2 rings (SSSR count). The van der Waals surface area contributed by atoms with Crippen molar-refractivity contribution in [2.75, 3.05) is 0 Å². The average molecular weight is 264 g/mol. The molecule has 0 fully saturated rings. The molecule has 0 aliphatic carbocycles. The van der Waals surface area contributed by atoms with E-state index in [0.29, 0.717) is 6.04 Å². The summed E-state index contributed by atoms with van der Waals surface area (Å²) in [6.45, 7) is 20.3. The van der Waals surface area contributed by atoms with Crippen molar-refractivity contribution in [2.45, 2.75) is 84.8 Å². The molecule has 0 spiro atoms. The number of nitrogens with zero attached hydrogens (tertiary/aromatic N) is 2. The summed E-state index contributed by atoms with van der Waals surface area (Å²) in [5.41, 5.74) is 2.23. The number of aromatic nitrogens is 1. The fourth-order valence-corrected chi connectivity index (χ4v) is 4.23. The lowest BCUT2D eigenvalue weighted by atomic mass is 9.61. The van der Waals surface area contributed by atoms with E-state index < -0.39 is 0 Å². The van der Waals surface area contributed by atoms with Crippen LogP contribution in [0.1, 0.15) is 72.4 Å². The van der Waals surface area contributed by atoms with Crippen LogP contribution in [0.25, 0.3) is 0 Å². The Hall–Kier alpha value is -0.830. The Morgan fingerprint density at radius 3 is 2.05 bits per heavy atom. The summed E-state index contributed by atoms with van der Waals surface area (Å²) in [5, 5.41) is 4.25. The van der Waals surface area contributed by atoms with Crippen LogP contribution >= 0.6 is 0 Å². The Balaban J connectivity index is 2.80. The van der Waals surface area contributed by atoms with Gasteiger partial charge in [-0.05, 0) is 48.5 Å². The quantitative estimate of drug-likeness (QED) is 0.768. The maximum atomic E-state index is 5.72. The van der Waals surface area contributed by atoms with E-state index in [0.717, 1.165) is 11.5 Å². The van der Waals surface area contributed by atoms with Crippen LogP contribution in [-0.2, 0) is 11.0 Å². The van der Waals surface area contributed by atoms with Crippen molar-refractivity contribution >= 4 is 0 Å². The molecule has 0 radical (unpaired) electrons. The summed E-state index contributed by atoms with van der Waals surface area (Å²) in [6.07, 6.45) is 0. The zero-order chi connectivity index (χ0) is 14.8. The molecular formula is C16H28N2O. The minimum Gasteiger partial charge on any atom is -0.359 e. The van der Waals surface area contributed by atoms with Crippen LogP contribution in [0.2, 0.25) is 0 Å². The Bertz CT molecular complexity index is 495. The maximum Gasteiger partial charge on any atom is 0.160 e. The Morgan fingerprint density at radius 1 is 1.05 bits per heavy atom. The van der Waals surface area contributed by atoms with Gasteiger partial charge >= 0.3 is 0 Å². The molecule has 1 aromatic rings. The van der Waals surface area contributed by atoms with Gasteiger partial charge in [0.05, 0.1) is 11.2 Å². The summed E-state index contributed by atoms with van der Waals surface area (Å²) in [6, 6.07) is 0.447. The summed E-state index contributed by atoms with van der Waals surface area (Å²) in [7, 11) is 0. The average Bonchev–Trinajstić information content (AvgIpc) is 2.57. The molecule has 108 valence electrons. The second kappa shape index (κ2) is 3.85. The zero-order valence-electron chi connectivity index (χ0n) is 13.9. The largest absolute Gasteiger partial charge is 0.359 e. The van der Waals surface area contributed by atoms with E-state index in [2.05, 4.69) is 72.4 Å². The number of fused-ring (bicyclic) bond motifs is 1. The predicted molar refractivity (Wildman–Crippen MR) is 78.3 cm³/mol. The van der Waals surface area contributed by atoms with Crippen LogP contribution in [0.4, 0.5) is 0 Å². The lowest BCUT2D eigenvalue weighted by molar-refractivity contribution is -0.0810. The van der Waals surface area contributed by atoms with Gasteiger partial charge in [-0.1, -0.05) is 19.0 Å². The molecule has 2 heterocycles. The van der Waals surface area contributed by atoms with Gasteiger partial charge in [0.2, 0.25) is 0 Å². The monoisotopic (exact) mass is 264 g/mol. The second-order valence-corrected chi connectivity index (χ2v) is 7.68. The third-order valence-electron chi connectivity index (χ3n) is 5.29. The van der Waals surface area contributed by atoms with Crippen LogP contribution in [0.5, 0.6) is 0 Å². The van der Waals surface area contributed by atoms with Gasteiger partial charge < -0.3 is 4.52 Å². The topological polar surface area (TPSA) is 29.3 Å². The third-order valence-corrected chi connectivity index (χ3v) is 5.29. The molecule has 1 aliphatic heterocycles. The lowest BCUT2D eigenvalue weighted by Gasteiger charge is -2.60. The minimum atomic E-state index is -0.135. The van der Waals surface area contributed by atoms with E-state index in [-0.39, 0.29) is 16.5 Å². The van der Waals surface area contributed by atoms with E-state index >= 15 is 0 Å². The number of rotatable bonds is 1. The highest BCUT2D eigenvalue weighted by molar-refractivity contribution is 5.41. The summed E-state index contributed by atoms with van der Waals surface area (Å²) < 4.78 is 5.72. The Labute approximate surface area is 117 Å². The van der Waals surface area contributed by atoms with Crippen LogP contribution in [0, 0.1) is 6.92 Å². The fraction of sp³-hybridized carbons (Fsp3) is 0.812. The van der Waals surface area contributed by atoms with Crippen LogP contribution in [0.3, 0.4) is 0 Å². The first-order valence-electron chi connectivity index (χ1n) is 7.22. The summed E-state index contributed by atoms with van der Waals surface area (Å²) in [4.78, 5) is 2.56. The highest BCUT2D eigenvalue weighted by Gasteiger charge is 2.58. The highest BCUT2D eigenvalue weighted by Crippen LogP contribution is 2.53. The van der Waals surface area contributed by atoms with Gasteiger partial charge in [0, 0.05) is 22.6 Å². The Morgan fingerprint density at radius 2 is 1.58 bits per heavy atom. The first-order valence-corrected chi connectivity index (χ1v) is 7.22. The number of hydrogen-bond acceptors (Lipinski definition) is 3.